The minimum Gasteiger partial charge on any atom is -0.350 e. The highest BCUT2D eigenvalue weighted by atomic mass is 32.2. The van der Waals surface area contributed by atoms with Crippen LogP contribution in [0, 0.1) is 0 Å². The normalized spacial score (nSPS) is 17.1. The van der Waals surface area contributed by atoms with E-state index in [9.17, 15) is 9.00 Å². The van der Waals surface area contributed by atoms with Crippen LogP contribution in [0.25, 0.3) is 10.8 Å². The summed E-state index contributed by atoms with van der Waals surface area (Å²) < 4.78 is 11.5. The summed E-state index contributed by atoms with van der Waals surface area (Å²) in [5.74, 6) is 1.40. The fourth-order valence-electron chi connectivity index (χ4n) is 3.17. The first kappa shape index (κ1) is 17.1. The van der Waals surface area contributed by atoms with Gasteiger partial charge in [-0.25, -0.2) is 0 Å². The van der Waals surface area contributed by atoms with Crippen LogP contribution in [-0.2, 0) is 10.8 Å². The average molecular weight is 344 g/mol. The maximum Gasteiger partial charge on any atom is 0.251 e. The zero-order chi connectivity index (χ0) is 17.2. The van der Waals surface area contributed by atoms with Crippen molar-refractivity contribution in [1.29, 1.82) is 0 Å². The number of rotatable bonds is 4. The van der Waals surface area contributed by atoms with Crippen LogP contribution in [0.15, 0.2) is 42.5 Å². The van der Waals surface area contributed by atoms with Gasteiger partial charge in [-0.15, -0.1) is 0 Å². The van der Waals surface area contributed by atoms with Gasteiger partial charge in [-0.2, -0.15) is 0 Å². The standard InChI is InChI=1S/C19H24N2O2S/c1-19(2,21-10-12-24(23)13-11-21)14-20-18(22)17-9-5-7-15-6-3-4-8-16(15)17/h3-9H,10-14H2,1-2H3,(H,20,22). The van der Waals surface area contributed by atoms with Crippen LogP contribution in [-0.4, -0.2) is 51.7 Å². The molecule has 1 fully saturated rings. The summed E-state index contributed by atoms with van der Waals surface area (Å²) in [6.45, 7) is 6.48. The van der Waals surface area contributed by atoms with Gasteiger partial charge < -0.3 is 5.32 Å². The van der Waals surface area contributed by atoms with Gasteiger partial charge in [-0.05, 0) is 30.7 Å². The number of nitrogens with one attached hydrogen (secondary N) is 1. The molecule has 1 heterocycles. The second-order valence-electron chi connectivity index (χ2n) is 6.86. The number of carbonyl (C=O) groups is 1. The molecule has 2 aromatic carbocycles. The predicted octanol–water partition coefficient (Wildman–Crippen LogP) is 2.41. The van der Waals surface area contributed by atoms with E-state index in [4.69, 9.17) is 0 Å². The molecule has 0 saturated carbocycles. The highest BCUT2D eigenvalue weighted by molar-refractivity contribution is 7.85. The average Bonchev–Trinajstić information content (AvgIpc) is 2.59. The Bertz CT molecular complexity index is 758. The summed E-state index contributed by atoms with van der Waals surface area (Å²) in [7, 11) is -0.683. The molecule has 24 heavy (non-hydrogen) atoms. The van der Waals surface area contributed by atoms with Gasteiger partial charge in [0.1, 0.15) is 0 Å². The molecule has 1 saturated heterocycles. The Balaban J connectivity index is 1.69. The topological polar surface area (TPSA) is 49.4 Å². The van der Waals surface area contributed by atoms with Gasteiger partial charge in [-0.1, -0.05) is 36.4 Å². The summed E-state index contributed by atoms with van der Waals surface area (Å²) in [5, 5.41) is 5.13. The maximum atomic E-state index is 12.7. The first-order valence-electron chi connectivity index (χ1n) is 8.33. The maximum absolute atomic E-state index is 12.7. The molecular formula is C19H24N2O2S. The van der Waals surface area contributed by atoms with Crippen LogP contribution in [0.5, 0.6) is 0 Å². The highest BCUT2D eigenvalue weighted by Gasteiger charge is 2.30. The summed E-state index contributed by atoms with van der Waals surface area (Å²) in [4.78, 5) is 15.0. The first-order chi connectivity index (χ1) is 11.5. The Kier molecular flexibility index (Phi) is 5.01. The molecule has 1 amide bonds. The summed E-state index contributed by atoms with van der Waals surface area (Å²) in [6, 6.07) is 13.7. The zero-order valence-corrected chi connectivity index (χ0v) is 15.1. The number of amides is 1. The van der Waals surface area contributed by atoms with Gasteiger partial charge in [0.2, 0.25) is 0 Å². The van der Waals surface area contributed by atoms with Crippen molar-refractivity contribution in [1.82, 2.24) is 10.2 Å². The molecule has 4 nitrogen and oxygen atoms in total. The van der Waals surface area contributed by atoms with E-state index in [1.165, 1.54) is 0 Å². The Morgan fingerprint density at radius 3 is 2.54 bits per heavy atom. The molecule has 0 unspecified atom stereocenters. The summed E-state index contributed by atoms with van der Waals surface area (Å²) in [6.07, 6.45) is 0. The molecule has 0 bridgehead atoms. The van der Waals surface area contributed by atoms with Crippen LogP contribution in [0.1, 0.15) is 24.2 Å². The van der Waals surface area contributed by atoms with Crippen LogP contribution in [0.3, 0.4) is 0 Å². The summed E-state index contributed by atoms with van der Waals surface area (Å²) >= 11 is 0. The molecule has 0 aromatic heterocycles. The van der Waals surface area contributed by atoms with Crippen molar-refractivity contribution < 1.29 is 9.00 Å². The fraction of sp³-hybridized carbons (Fsp3) is 0.421. The van der Waals surface area contributed by atoms with E-state index in [2.05, 4.69) is 24.1 Å². The fourth-order valence-corrected chi connectivity index (χ4v) is 4.22. The molecule has 1 aliphatic rings. The molecule has 0 radical (unpaired) electrons. The number of fused-ring (bicyclic) bond motifs is 1. The predicted molar refractivity (Wildman–Crippen MR) is 99.8 cm³/mol. The number of hydrogen-bond donors (Lipinski definition) is 1. The van der Waals surface area contributed by atoms with E-state index in [1.807, 2.05) is 42.5 Å². The molecule has 1 aliphatic heterocycles. The van der Waals surface area contributed by atoms with Crippen LogP contribution >= 0.6 is 0 Å². The molecule has 5 heteroatoms. The number of hydrogen-bond acceptors (Lipinski definition) is 3. The molecule has 3 rings (SSSR count). The third-order valence-electron chi connectivity index (χ3n) is 4.75. The van der Waals surface area contributed by atoms with Crippen LogP contribution < -0.4 is 5.32 Å². The van der Waals surface area contributed by atoms with Crippen molar-refractivity contribution in [2.45, 2.75) is 19.4 Å². The van der Waals surface area contributed by atoms with E-state index in [-0.39, 0.29) is 11.4 Å². The van der Waals surface area contributed by atoms with Gasteiger partial charge >= 0.3 is 0 Å². The smallest absolute Gasteiger partial charge is 0.251 e. The summed E-state index contributed by atoms with van der Waals surface area (Å²) in [5.41, 5.74) is 0.564. The van der Waals surface area contributed by atoms with E-state index in [1.54, 1.807) is 0 Å². The van der Waals surface area contributed by atoms with E-state index >= 15 is 0 Å². The van der Waals surface area contributed by atoms with Gasteiger partial charge in [-0.3, -0.25) is 13.9 Å². The molecule has 1 N–H and O–H groups in total. The second kappa shape index (κ2) is 7.03. The molecule has 0 spiro atoms. The van der Waals surface area contributed by atoms with Crippen molar-refractivity contribution in [2.75, 3.05) is 31.1 Å². The van der Waals surface area contributed by atoms with E-state index in [0.717, 1.165) is 35.4 Å². The molecule has 0 atom stereocenters. The van der Waals surface area contributed by atoms with Gasteiger partial charge in [0.15, 0.2) is 0 Å². The van der Waals surface area contributed by atoms with Gasteiger partial charge in [0, 0.05) is 53.0 Å². The molecule has 0 aliphatic carbocycles. The molecular weight excluding hydrogens is 320 g/mol. The Hall–Kier alpha value is -1.72. The Morgan fingerprint density at radius 1 is 1.12 bits per heavy atom. The minimum atomic E-state index is -0.683. The largest absolute Gasteiger partial charge is 0.350 e. The number of nitrogens with zero attached hydrogens (tertiary/aromatic N) is 1. The SMILES string of the molecule is CC(C)(CNC(=O)c1cccc2ccccc12)N1CCS(=O)CC1. The number of carbonyl (C=O) groups excluding carboxylic acids is 1. The third-order valence-corrected chi connectivity index (χ3v) is 6.03. The van der Waals surface area contributed by atoms with Crippen molar-refractivity contribution >= 4 is 27.5 Å². The highest BCUT2D eigenvalue weighted by Crippen LogP contribution is 2.20. The minimum absolute atomic E-state index is 0.0412. The van der Waals surface area contributed by atoms with Gasteiger partial charge in [0.05, 0.1) is 0 Å². The van der Waals surface area contributed by atoms with E-state index < -0.39 is 10.8 Å². The van der Waals surface area contributed by atoms with Crippen LogP contribution in [0.2, 0.25) is 0 Å². The Labute approximate surface area is 145 Å². The Morgan fingerprint density at radius 2 is 1.79 bits per heavy atom. The van der Waals surface area contributed by atoms with Crippen molar-refractivity contribution in [2.24, 2.45) is 0 Å². The van der Waals surface area contributed by atoms with Gasteiger partial charge in [0.25, 0.3) is 5.91 Å². The lowest BCUT2D eigenvalue weighted by Crippen LogP contribution is -2.55. The lowest BCUT2D eigenvalue weighted by Gasteiger charge is -2.40. The molecule has 128 valence electrons. The quantitative estimate of drug-likeness (QED) is 0.927. The second-order valence-corrected chi connectivity index (χ2v) is 8.55. The van der Waals surface area contributed by atoms with Crippen molar-refractivity contribution in [3.63, 3.8) is 0 Å². The lowest BCUT2D eigenvalue weighted by atomic mass is 10.0. The first-order valence-corrected chi connectivity index (χ1v) is 9.82. The van der Waals surface area contributed by atoms with Crippen molar-refractivity contribution in [3.05, 3.63) is 48.0 Å². The monoisotopic (exact) mass is 344 g/mol. The lowest BCUT2D eigenvalue weighted by molar-refractivity contribution is 0.0885. The number of benzene rings is 2. The molecule has 2 aromatic rings. The zero-order valence-electron chi connectivity index (χ0n) is 14.2. The van der Waals surface area contributed by atoms with Crippen LogP contribution in [0.4, 0.5) is 0 Å². The van der Waals surface area contributed by atoms with Crippen molar-refractivity contribution in [3.8, 4) is 0 Å². The third kappa shape index (κ3) is 3.68. The van der Waals surface area contributed by atoms with E-state index in [0.29, 0.717) is 12.1 Å².